The summed E-state index contributed by atoms with van der Waals surface area (Å²) in [5.41, 5.74) is 1.84. The third-order valence-electron chi connectivity index (χ3n) is 4.75. The molecule has 1 atom stereocenters. The Morgan fingerprint density at radius 2 is 1.88 bits per heavy atom. The van der Waals surface area contributed by atoms with Crippen molar-refractivity contribution in [1.82, 2.24) is 9.91 Å². The van der Waals surface area contributed by atoms with Crippen molar-refractivity contribution < 1.29 is 4.79 Å². The number of fused-ring (bicyclic) bond motifs is 2. The summed E-state index contributed by atoms with van der Waals surface area (Å²) in [6.07, 6.45) is 2.26. The van der Waals surface area contributed by atoms with Crippen LogP contribution in [0.3, 0.4) is 0 Å². The molecular formula is C19H18N4O. The Morgan fingerprint density at radius 3 is 2.50 bits per heavy atom. The van der Waals surface area contributed by atoms with E-state index in [4.69, 9.17) is 0 Å². The number of hydrazone groups is 1. The summed E-state index contributed by atoms with van der Waals surface area (Å²) >= 11 is 0. The normalized spacial score (nSPS) is 19.8. The summed E-state index contributed by atoms with van der Waals surface area (Å²) in [4.78, 5) is 14.3. The van der Waals surface area contributed by atoms with E-state index in [2.05, 4.69) is 28.2 Å². The molecular weight excluding hydrogens is 300 g/mol. The van der Waals surface area contributed by atoms with Crippen molar-refractivity contribution in [2.24, 2.45) is 5.10 Å². The second-order valence-corrected chi connectivity index (χ2v) is 6.30. The molecule has 4 rings (SSSR count). The predicted molar refractivity (Wildman–Crippen MR) is 92.2 cm³/mol. The Labute approximate surface area is 140 Å². The molecule has 5 heteroatoms. The van der Waals surface area contributed by atoms with Crippen molar-refractivity contribution in [1.29, 1.82) is 5.26 Å². The Morgan fingerprint density at radius 1 is 1.21 bits per heavy atom. The van der Waals surface area contributed by atoms with Crippen molar-refractivity contribution in [3.63, 3.8) is 0 Å². The number of carbonyl (C=O) groups excluding carboxylic acids is 1. The molecule has 0 aromatic heterocycles. The second kappa shape index (κ2) is 5.64. The van der Waals surface area contributed by atoms with Crippen LogP contribution in [0.2, 0.25) is 0 Å². The minimum atomic E-state index is -0.673. The number of nitriles is 1. The van der Waals surface area contributed by atoms with Gasteiger partial charge in [-0.1, -0.05) is 24.3 Å². The third kappa shape index (κ3) is 2.23. The monoisotopic (exact) mass is 318 g/mol. The van der Waals surface area contributed by atoms with Gasteiger partial charge in [-0.15, -0.1) is 5.10 Å². The molecule has 120 valence electrons. The molecule has 1 amide bonds. The lowest BCUT2D eigenvalue weighted by molar-refractivity contribution is -0.130. The highest BCUT2D eigenvalue weighted by molar-refractivity contribution is 6.05. The van der Waals surface area contributed by atoms with E-state index < -0.39 is 6.04 Å². The van der Waals surface area contributed by atoms with E-state index in [1.54, 1.807) is 0 Å². The van der Waals surface area contributed by atoms with Gasteiger partial charge in [0.05, 0.1) is 6.07 Å². The van der Waals surface area contributed by atoms with E-state index in [9.17, 15) is 10.1 Å². The zero-order valence-electron chi connectivity index (χ0n) is 13.6. The van der Waals surface area contributed by atoms with Gasteiger partial charge < -0.3 is 4.90 Å². The number of hydrogen-bond donors (Lipinski definition) is 0. The van der Waals surface area contributed by atoms with Gasteiger partial charge in [-0.2, -0.15) is 5.26 Å². The third-order valence-corrected chi connectivity index (χ3v) is 4.75. The average molecular weight is 318 g/mol. The first kappa shape index (κ1) is 14.7. The minimum Gasteiger partial charge on any atom is -0.355 e. The Kier molecular flexibility index (Phi) is 3.46. The Balaban J connectivity index is 1.96. The fraction of sp³-hybridized carbons (Fsp3) is 0.316. The van der Waals surface area contributed by atoms with Crippen molar-refractivity contribution in [2.75, 3.05) is 13.1 Å². The second-order valence-electron chi connectivity index (χ2n) is 6.30. The average Bonchev–Trinajstić information content (AvgIpc) is 3.12. The number of nitrogens with zero attached hydrogens (tertiary/aromatic N) is 4. The first-order valence-corrected chi connectivity index (χ1v) is 8.25. The van der Waals surface area contributed by atoms with Crippen LogP contribution in [0.15, 0.2) is 41.5 Å². The van der Waals surface area contributed by atoms with Gasteiger partial charge in [-0.3, -0.25) is 4.79 Å². The lowest BCUT2D eigenvalue weighted by atomic mass is 9.93. The maximum Gasteiger partial charge on any atom is 0.241 e. The van der Waals surface area contributed by atoms with Crippen LogP contribution in [0.25, 0.3) is 10.8 Å². The molecule has 0 spiro atoms. The van der Waals surface area contributed by atoms with Crippen molar-refractivity contribution in [3.8, 4) is 6.07 Å². The number of carbonyl (C=O) groups is 1. The van der Waals surface area contributed by atoms with Crippen LogP contribution in [-0.2, 0) is 4.79 Å². The lowest BCUT2D eigenvalue weighted by Gasteiger charge is -2.33. The van der Waals surface area contributed by atoms with Crippen LogP contribution in [0.4, 0.5) is 0 Å². The number of benzene rings is 2. The molecule has 1 saturated heterocycles. The number of hydrogen-bond acceptors (Lipinski definition) is 4. The number of likely N-dealkylation sites (tertiary alicyclic amines) is 1. The molecule has 2 heterocycles. The van der Waals surface area contributed by atoms with Gasteiger partial charge in [-0.25, -0.2) is 5.01 Å². The van der Waals surface area contributed by atoms with Crippen LogP contribution in [-0.4, -0.2) is 34.7 Å². The zero-order valence-corrected chi connectivity index (χ0v) is 13.6. The maximum absolute atomic E-state index is 12.1. The molecule has 0 bridgehead atoms. The molecule has 5 nitrogen and oxygen atoms in total. The largest absolute Gasteiger partial charge is 0.355 e. The van der Waals surface area contributed by atoms with Gasteiger partial charge in [0.15, 0.2) is 11.9 Å². The van der Waals surface area contributed by atoms with Crippen molar-refractivity contribution in [2.45, 2.75) is 25.8 Å². The lowest BCUT2D eigenvalue weighted by Crippen LogP contribution is -2.40. The summed E-state index contributed by atoms with van der Waals surface area (Å²) < 4.78 is 0. The zero-order chi connectivity index (χ0) is 16.7. The Hall–Kier alpha value is -2.87. The predicted octanol–water partition coefficient (Wildman–Crippen LogP) is 3.02. The summed E-state index contributed by atoms with van der Waals surface area (Å²) in [5.74, 6) is 0.604. The Bertz CT molecular complexity index is 890. The molecule has 2 aromatic rings. The molecule has 1 unspecified atom stereocenters. The van der Waals surface area contributed by atoms with E-state index in [0.29, 0.717) is 0 Å². The highest BCUT2D eigenvalue weighted by Gasteiger charge is 2.34. The molecule has 0 radical (unpaired) electrons. The molecule has 24 heavy (non-hydrogen) atoms. The van der Waals surface area contributed by atoms with Gasteiger partial charge in [0.2, 0.25) is 5.91 Å². The summed E-state index contributed by atoms with van der Waals surface area (Å²) in [7, 11) is 0. The fourth-order valence-corrected chi connectivity index (χ4v) is 3.56. The van der Waals surface area contributed by atoms with Crippen LogP contribution in [0.5, 0.6) is 0 Å². The number of amides is 1. The molecule has 0 N–H and O–H groups in total. The van der Waals surface area contributed by atoms with Crippen molar-refractivity contribution in [3.05, 3.63) is 47.5 Å². The smallest absolute Gasteiger partial charge is 0.241 e. The molecule has 2 aliphatic rings. The van der Waals surface area contributed by atoms with Gasteiger partial charge in [0.1, 0.15) is 0 Å². The van der Waals surface area contributed by atoms with E-state index in [0.717, 1.165) is 53.7 Å². The summed E-state index contributed by atoms with van der Waals surface area (Å²) in [5, 5.41) is 17.7. The maximum atomic E-state index is 12.1. The van der Waals surface area contributed by atoms with Gasteiger partial charge in [0.25, 0.3) is 0 Å². The quantitative estimate of drug-likeness (QED) is 0.750. The number of rotatable bonds is 0. The van der Waals surface area contributed by atoms with Crippen LogP contribution in [0, 0.1) is 11.3 Å². The summed E-state index contributed by atoms with van der Waals surface area (Å²) in [6, 6.07) is 13.8. The molecule has 2 aliphatic heterocycles. The van der Waals surface area contributed by atoms with Gasteiger partial charge in [0, 0.05) is 31.1 Å². The van der Waals surface area contributed by atoms with E-state index >= 15 is 0 Å². The summed E-state index contributed by atoms with van der Waals surface area (Å²) in [6.45, 7) is 3.34. The van der Waals surface area contributed by atoms with Gasteiger partial charge in [-0.05, 0) is 35.7 Å². The molecule has 1 fully saturated rings. The SMILES string of the molecule is CC(=O)N1N=C(N2CCCC2)c2cc3ccccc3cc2C1C#N. The van der Waals surface area contributed by atoms with Crippen LogP contribution in [0.1, 0.15) is 36.9 Å². The first-order valence-electron chi connectivity index (χ1n) is 8.25. The first-order chi connectivity index (χ1) is 11.7. The van der Waals surface area contributed by atoms with E-state index in [1.165, 1.54) is 11.9 Å². The minimum absolute atomic E-state index is 0.211. The standard InChI is InChI=1S/C19H18N4O/c1-13(24)23-18(12-20)16-10-14-6-2-3-7-15(14)11-17(16)19(21-23)22-8-4-5-9-22/h2-3,6-7,10-11,18H,4-5,8-9H2,1H3. The topological polar surface area (TPSA) is 59.7 Å². The molecule has 0 aliphatic carbocycles. The van der Waals surface area contributed by atoms with Gasteiger partial charge >= 0.3 is 0 Å². The molecule has 0 saturated carbocycles. The van der Waals surface area contributed by atoms with E-state index in [1.807, 2.05) is 24.3 Å². The van der Waals surface area contributed by atoms with Crippen LogP contribution < -0.4 is 0 Å². The van der Waals surface area contributed by atoms with E-state index in [-0.39, 0.29) is 5.91 Å². The van der Waals surface area contributed by atoms with Crippen molar-refractivity contribution >= 4 is 22.5 Å². The fourth-order valence-electron chi connectivity index (χ4n) is 3.56. The van der Waals surface area contributed by atoms with Crippen LogP contribution >= 0.6 is 0 Å². The number of amidine groups is 1. The highest BCUT2D eigenvalue weighted by Crippen LogP contribution is 2.34. The highest BCUT2D eigenvalue weighted by atomic mass is 16.2. The molecule has 2 aromatic carbocycles.